The van der Waals surface area contributed by atoms with Crippen LogP contribution in [0.15, 0.2) is 0 Å². The van der Waals surface area contributed by atoms with Gasteiger partial charge >= 0.3 is 0 Å². The lowest BCUT2D eigenvalue weighted by atomic mass is 9.78. The number of rotatable bonds is 7. The Hall–Kier alpha value is -0.120. The van der Waals surface area contributed by atoms with Crippen LogP contribution in [0.2, 0.25) is 0 Å². The summed E-state index contributed by atoms with van der Waals surface area (Å²) in [6.07, 6.45) is 12.8. The van der Waals surface area contributed by atoms with Gasteiger partial charge in [-0.25, -0.2) is 0 Å². The topological polar surface area (TPSA) is 24.5 Å². The molecule has 2 aliphatic rings. The summed E-state index contributed by atoms with van der Waals surface area (Å²) in [5, 5.41) is 3.68. The van der Waals surface area contributed by atoms with E-state index in [2.05, 4.69) is 17.1 Å². The molecule has 0 spiro atoms. The van der Waals surface area contributed by atoms with Crippen LogP contribution in [-0.2, 0) is 4.74 Å². The number of nitrogens with zero attached hydrogens (tertiary/aromatic N) is 1. The maximum atomic E-state index is 5.18. The molecule has 3 nitrogen and oxygen atoms in total. The summed E-state index contributed by atoms with van der Waals surface area (Å²) in [6.45, 7) is 8.07. The van der Waals surface area contributed by atoms with Gasteiger partial charge in [-0.1, -0.05) is 32.1 Å². The number of ether oxygens (including phenoxy) is 1. The molecule has 1 aliphatic carbocycles. The molecule has 1 atom stereocenters. The monoisotopic (exact) mass is 296 g/mol. The van der Waals surface area contributed by atoms with Gasteiger partial charge in [0.1, 0.15) is 0 Å². The van der Waals surface area contributed by atoms with Crippen molar-refractivity contribution in [2.24, 2.45) is 5.41 Å². The summed E-state index contributed by atoms with van der Waals surface area (Å²) in [5.74, 6) is 0. The van der Waals surface area contributed by atoms with Crippen LogP contribution in [0, 0.1) is 5.41 Å². The van der Waals surface area contributed by atoms with Gasteiger partial charge in [-0.3, -0.25) is 0 Å². The third kappa shape index (κ3) is 5.54. The molecule has 1 saturated heterocycles. The molecule has 0 radical (unpaired) electrons. The minimum Gasteiger partial charge on any atom is -0.383 e. The van der Waals surface area contributed by atoms with Crippen LogP contribution in [-0.4, -0.2) is 50.8 Å². The van der Waals surface area contributed by atoms with Crippen molar-refractivity contribution in [3.63, 3.8) is 0 Å². The lowest BCUT2D eigenvalue weighted by Crippen LogP contribution is -2.48. The van der Waals surface area contributed by atoms with Crippen LogP contribution in [0.5, 0.6) is 0 Å². The first-order valence-corrected chi connectivity index (χ1v) is 9.19. The summed E-state index contributed by atoms with van der Waals surface area (Å²) >= 11 is 0. The molecule has 1 N–H and O–H groups in total. The number of hydrogen-bond donors (Lipinski definition) is 1. The molecule has 2 rings (SSSR count). The van der Waals surface area contributed by atoms with Gasteiger partial charge in [-0.05, 0) is 44.6 Å². The summed E-state index contributed by atoms with van der Waals surface area (Å²) in [6, 6.07) is 0.790. The zero-order valence-corrected chi connectivity index (χ0v) is 14.3. The van der Waals surface area contributed by atoms with Crippen LogP contribution in [0.1, 0.15) is 64.7 Å². The number of hydrogen-bond acceptors (Lipinski definition) is 3. The van der Waals surface area contributed by atoms with E-state index in [1.54, 1.807) is 7.11 Å². The number of piperidine rings is 1. The van der Waals surface area contributed by atoms with E-state index < -0.39 is 0 Å². The normalized spacial score (nSPS) is 27.4. The van der Waals surface area contributed by atoms with Gasteiger partial charge in [0.05, 0.1) is 6.61 Å². The predicted octanol–water partition coefficient (Wildman–Crippen LogP) is 3.44. The Bertz CT molecular complexity index is 274. The Balaban J connectivity index is 1.92. The minimum atomic E-state index is 0.510. The van der Waals surface area contributed by atoms with Crippen molar-refractivity contribution in [3.8, 4) is 0 Å². The molecule has 3 heteroatoms. The van der Waals surface area contributed by atoms with Crippen molar-refractivity contribution in [1.82, 2.24) is 10.2 Å². The fourth-order valence-electron chi connectivity index (χ4n) is 4.22. The molecule has 124 valence electrons. The number of likely N-dealkylation sites (tertiary alicyclic amines) is 1. The van der Waals surface area contributed by atoms with E-state index in [4.69, 9.17) is 4.74 Å². The molecule has 0 bridgehead atoms. The molecular weight excluding hydrogens is 260 g/mol. The molecule has 21 heavy (non-hydrogen) atoms. The van der Waals surface area contributed by atoms with Crippen molar-refractivity contribution in [1.29, 1.82) is 0 Å². The van der Waals surface area contributed by atoms with E-state index in [1.807, 2.05) is 0 Å². The third-order valence-electron chi connectivity index (χ3n) is 5.63. The standard InChI is InChI=1S/C18H36N2O/c1-17-9-5-8-13-20(17)16-18(15-19-12-14-21-2)10-6-3-4-7-11-18/h17,19H,3-16H2,1-2H3. The summed E-state index contributed by atoms with van der Waals surface area (Å²) in [5.41, 5.74) is 0.510. The highest BCUT2D eigenvalue weighted by atomic mass is 16.5. The van der Waals surface area contributed by atoms with Gasteiger partial charge in [0.25, 0.3) is 0 Å². The molecule has 1 heterocycles. The fourth-order valence-corrected chi connectivity index (χ4v) is 4.22. The van der Waals surface area contributed by atoms with Crippen molar-refractivity contribution in [2.45, 2.75) is 70.8 Å². The molecule has 2 fully saturated rings. The van der Waals surface area contributed by atoms with Crippen molar-refractivity contribution in [2.75, 3.05) is 39.9 Å². The Kier molecular flexibility index (Phi) is 7.48. The Morgan fingerprint density at radius 2 is 1.86 bits per heavy atom. The molecular formula is C18H36N2O. The fraction of sp³-hybridized carbons (Fsp3) is 1.00. The number of nitrogens with one attached hydrogen (secondary N) is 1. The van der Waals surface area contributed by atoms with Crippen molar-refractivity contribution >= 4 is 0 Å². The average molecular weight is 296 g/mol. The first-order valence-electron chi connectivity index (χ1n) is 9.19. The number of methoxy groups -OCH3 is 1. The second kappa shape index (κ2) is 9.12. The Labute approximate surface area is 131 Å². The maximum absolute atomic E-state index is 5.18. The van der Waals surface area contributed by atoms with Gasteiger partial charge in [0.15, 0.2) is 0 Å². The van der Waals surface area contributed by atoms with Crippen LogP contribution < -0.4 is 5.32 Å². The van der Waals surface area contributed by atoms with E-state index in [9.17, 15) is 0 Å². The maximum Gasteiger partial charge on any atom is 0.0587 e. The second-order valence-electron chi connectivity index (χ2n) is 7.40. The second-order valence-corrected chi connectivity index (χ2v) is 7.40. The molecule has 0 aromatic heterocycles. The zero-order valence-electron chi connectivity index (χ0n) is 14.3. The van der Waals surface area contributed by atoms with Crippen LogP contribution in [0.25, 0.3) is 0 Å². The zero-order chi connectivity index (χ0) is 15.0. The summed E-state index contributed by atoms with van der Waals surface area (Å²) < 4.78 is 5.18. The molecule has 0 amide bonds. The lowest BCUT2D eigenvalue weighted by molar-refractivity contribution is 0.0742. The highest BCUT2D eigenvalue weighted by Gasteiger charge is 2.34. The third-order valence-corrected chi connectivity index (χ3v) is 5.63. The summed E-state index contributed by atoms with van der Waals surface area (Å²) in [7, 11) is 1.79. The van der Waals surface area contributed by atoms with E-state index in [-0.39, 0.29) is 0 Å². The minimum absolute atomic E-state index is 0.510. The Morgan fingerprint density at radius 1 is 1.10 bits per heavy atom. The lowest BCUT2D eigenvalue weighted by Gasteiger charge is -2.42. The highest BCUT2D eigenvalue weighted by Crippen LogP contribution is 2.36. The van der Waals surface area contributed by atoms with Gasteiger partial charge in [0.2, 0.25) is 0 Å². The van der Waals surface area contributed by atoms with Crippen molar-refractivity contribution < 1.29 is 4.74 Å². The average Bonchev–Trinajstić information content (AvgIpc) is 2.72. The first-order chi connectivity index (χ1) is 10.3. The van der Waals surface area contributed by atoms with Gasteiger partial charge in [0, 0.05) is 32.8 Å². The SMILES string of the molecule is COCCNCC1(CN2CCCCC2C)CCCCCC1. The molecule has 0 aromatic carbocycles. The Morgan fingerprint density at radius 3 is 2.52 bits per heavy atom. The molecule has 1 unspecified atom stereocenters. The molecule has 1 aliphatic heterocycles. The molecule has 1 saturated carbocycles. The van der Waals surface area contributed by atoms with Crippen LogP contribution in [0.4, 0.5) is 0 Å². The van der Waals surface area contributed by atoms with Crippen molar-refractivity contribution in [3.05, 3.63) is 0 Å². The molecule has 0 aromatic rings. The van der Waals surface area contributed by atoms with Gasteiger partial charge in [-0.2, -0.15) is 0 Å². The van der Waals surface area contributed by atoms with E-state index in [1.165, 1.54) is 77.4 Å². The smallest absolute Gasteiger partial charge is 0.0587 e. The van der Waals surface area contributed by atoms with Gasteiger partial charge < -0.3 is 15.0 Å². The first kappa shape index (κ1) is 17.2. The van der Waals surface area contributed by atoms with Crippen LogP contribution in [0.3, 0.4) is 0 Å². The van der Waals surface area contributed by atoms with E-state index in [0.717, 1.165) is 19.2 Å². The predicted molar refractivity (Wildman–Crippen MR) is 89.8 cm³/mol. The van der Waals surface area contributed by atoms with E-state index >= 15 is 0 Å². The largest absolute Gasteiger partial charge is 0.383 e. The highest BCUT2D eigenvalue weighted by molar-refractivity contribution is 4.89. The van der Waals surface area contributed by atoms with Crippen LogP contribution >= 0.6 is 0 Å². The van der Waals surface area contributed by atoms with E-state index in [0.29, 0.717) is 5.41 Å². The van der Waals surface area contributed by atoms with Gasteiger partial charge in [-0.15, -0.1) is 0 Å². The summed E-state index contributed by atoms with van der Waals surface area (Å²) in [4.78, 5) is 2.78. The quantitative estimate of drug-likeness (QED) is 0.575.